The third-order valence-corrected chi connectivity index (χ3v) is 20.3. The highest BCUT2D eigenvalue weighted by Gasteiger charge is 2.30. The third kappa shape index (κ3) is 65.7. The van der Waals surface area contributed by atoms with Crippen LogP contribution in [0.15, 0.2) is 0 Å². The van der Waals surface area contributed by atoms with Gasteiger partial charge in [-0.05, 0) is 210 Å². The number of rotatable bonds is 74. The molecule has 0 aliphatic carbocycles. The van der Waals surface area contributed by atoms with Crippen LogP contribution in [0.5, 0.6) is 0 Å². The van der Waals surface area contributed by atoms with Crippen molar-refractivity contribution >= 4 is 60.0 Å². The maximum atomic E-state index is 12.5. The topological polar surface area (TPSA) is 341 Å². The van der Waals surface area contributed by atoms with E-state index in [1.54, 1.807) is 27.3 Å². The molecular weight excluding hydrogens is 1300 g/mol. The highest BCUT2D eigenvalue weighted by molar-refractivity contribution is 6.46. The van der Waals surface area contributed by atoms with Gasteiger partial charge in [0.15, 0.2) is 6.10 Å². The van der Waals surface area contributed by atoms with Crippen molar-refractivity contribution in [2.75, 3.05) is 106 Å². The van der Waals surface area contributed by atoms with Crippen LogP contribution in [0.2, 0.25) is 40.9 Å². The van der Waals surface area contributed by atoms with Crippen molar-refractivity contribution in [3.63, 3.8) is 0 Å². The van der Waals surface area contributed by atoms with E-state index >= 15 is 0 Å². The van der Waals surface area contributed by atoms with Gasteiger partial charge in [-0.1, -0.05) is 194 Å². The normalized spacial score (nSPS) is 12.5. The predicted octanol–water partition coefficient (Wildman–Crippen LogP) is 8.74. The minimum Gasteiger partial charge on any atom is -0.437 e. The van der Waals surface area contributed by atoms with Crippen LogP contribution in [0.25, 0.3) is 0 Å². The third-order valence-electron chi connectivity index (χ3n) is 20.3. The van der Waals surface area contributed by atoms with Crippen molar-refractivity contribution in [2.24, 2.45) is 5.92 Å². The fourth-order valence-corrected chi connectivity index (χ4v) is 13.0. The molecule has 0 unspecified atom stereocenters. The Hall–Kier alpha value is -1.88. The second kappa shape index (κ2) is 74.2. The second-order valence-corrected chi connectivity index (χ2v) is 30.1. The molecule has 0 saturated carbocycles. The molecule has 0 rings (SSSR count). The van der Waals surface area contributed by atoms with Crippen molar-refractivity contribution < 1.29 is 70.4 Å². The summed E-state index contributed by atoms with van der Waals surface area (Å²) in [5.41, 5.74) is 0. The fourth-order valence-electron chi connectivity index (χ4n) is 13.0. The lowest BCUT2D eigenvalue weighted by atomic mass is 9.80. The summed E-state index contributed by atoms with van der Waals surface area (Å²) in [6.07, 6.45) is 42.2. The van der Waals surface area contributed by atoms with E-state index in [0.29, 0.717) is 19.4 Å². The average Bonchev–Trinajstić information content (AvgIpc) is 1.61. The van der Waals surface area contributed by atoms with Crippen LogP contribution in [0, 0.1) is 5.92 Å². The maximum absolute atomic E-state index is 12.5. The molecule has 0 radical (unpaired) electrons. The molecule has 0 aromatic heterocycles. The molecule has 3 amide bonds. The highest BCUT2D eigenvalue weighted by Crippen LogP contribution is 2.19. The zero-order valence-corrected chi connectivity index (χ0v) is 68.0. The van der Waals surface area contributed by atoms with E-state index in [2.05, 4.69) is 49.0 Å². The molecule has 0 saturated heterocycles. The van der Waals surface area contributed by atoms with E-state index in [4.69, 9.17) is 5.11 Å². The summed E-state index contributed by atoms with van der Waals surface area (Å²) in [5.74, 6) is -0.100. The van der Waals surface area contributed by atoms with Crippen LogP contribution >= 0.6 is 0 Å². The number of nitrogens with one attached hydrogen (secondary N) is 3. The largest absolute Gasteiger partial charge is 0.437 e. The highest BCUT2D eigenvalue weighted by atomic mass is 16.4. The van der Waals surface area contributed by atoms with Gasteiger partial charge in [-0.25, -0.2) is 0 Å². The SMILES string of the molecule is CCCCCCCCCCCCCC(=O)NCCCCCCC(CN(CCCCN(CCCN(C)B(C)O)B(C)O)B(C)O)CN(CCCCN(CCCN(C)B(C)O)B(C)O)B(C)O.CCCCCCCCCCCNC(=O)CCCCCCCCCCCNC(=O)[C@H](O)[C@@H](O)[C@H](O)CCO.O. The molecule has 0 heterocycles. The van der Waals surface area contributed by atoms with E-state index in [9.17, 15) is 59.8 Å². The molecule has 0 aliphatic heterocycles. The summed E-state index contributed by atoms with van der Waals surface area (Å²) < 4.78 is 0. The first-order valence-electron chi connectivity index (χ1n) is 41.8. The van der Waals surface area contributed by atoms with E-state index < -0.39 is 66.5 Å². The molecule has 0 aromatic rings. The van der Waals surface area contributed by atoms with Crippen LogP contribution in [0.1, 0.15) is 290 Å². The predicted molar refractivity (Wildman–Crippen MR) is 436 cm³/mol. The van der Waals surface area contributed by atoms with Gasteiger partial charge in [-0.2, -0.15) is 0 Å². The Morgan fingerprint density at radius 2 is 0.621 bits per heavy atom. The van der Waals surface area contributed by atoms with Gasteiger partial charge < -0.3 is 101 Å². The van der Waals surface area contributed by atoms with Crippen LogP contribution in [0.3, 0.4) is 0 Å². The minimum absolute atomic E-state index is 0. The van der Waals surface area contributed by atoms with Crippen LogP contribution < -0.4 is 16.0 Å². The Kier molecular flexibility index (Phi) is 75.9. The summed E-state index contributed by atoms with van der Waals surface area (Å²) in [7, 11) is 0.479. The first kappa shape index (κ1) is 105. The van der Waals surface area contributed by atoms with Crippen LogP contribution in [0.4, 0.5) is 0 Å². The minimum atomic E-state index is -1.70. The van der Waals surface area contributed by atoms with E-state index in [1.807, 2.05) is 37.4 Å². The Bertz CT molecular complexity index is 1810. The molecule has 606 valence electrons. The van der Waals surface area contributed by atoms with Crippen LogP contribution in [-0.2, 0) is 14.4 Å². The summed E-state index contributed by atoms with van der Waals surface area (Å²) in [5, 5.41) is 109. The lowest BCUT2D eigenvalue weighted by Gasteiger charge is -2.33. The summed E-state index contributed by atoms with van der Waals surface area (Å²) in [6, 6.07) is 0. The van der Waals surface area contributed by atoms with E-state index in [-0.39, 0.29) is 36.2 Å². The molecule has 0 spiro atoms. The molecule has 0 bridgehead atoms. The van der Waals surface area contributed by atoms with Gasteiger partial charge in [0.05, 0.1) is 6.10 Å². The van der Waals surface area contributed by atoms with E-state index in [1.165, 1.54) is 122 Å². The van der Waals surface area contributed by atoms with Crippen molar-refractivity contribution in [2.45, 2.75) is 349 Å². The monoisotopic (exact) mass is 1470 g/mol. The van der Waals surface area contributed by atoms with Gasteiger partial charge in [0, 0.05) is 39.1 Å². The Morgan fingerprint density at radius 1 is 0.340 bits per heavy atom. The molecule has 15 N–H and O–H groups in total. The Balaban J connectivity index is -0.00000223. The molecule has 29 heteroatoms. The number of aliphatic hydroxyl groups excluding tert-OH is 4. The van der Waals surface area contributed by atoms with Crippen LogP contribution in [-0.4, -0.2) is 269 Å². The molecule has 0 aliphatic rings. The molecule has 23 nitrogen and oxygen atoms in total. The quantitative estimate of drug-likeness (QED) is 0.0200. The van der Waals surface area contributed by atoms with Gasteiger partial charge in [0.1, 0.15) is 6.10 Å². The molecule has 0 fully saturated rings. The number of carbonyl (C=O) groups excluding carboxylic acids is 3. The zero-order valence-electron chi connectivity index (χ0n) is 68.0. The van der Waals surface area contributed by atoms with Gasteiger partial charge in [-0.15, -0.1) is 0 Å². The number of nitrogens with zero attached hydrogens (tertiary/aromatic N) is 6. The second-order valence-electron chi connectivity index (χ2n) is 30.1. The number of hydrogen-bond donors (Lipinski definition) is 13. The maximum Gasteiger partial charge on any atom is 0.376 e. The first-order valence-corrected chi connectivity index (χ1v) is 41.8. The molecular formula is C74H163B6N9O14. The molecule has 3 atom stereocenters. The van der Waals surface area contributed by atoms with E-state index in [0.717, 1.165) is 213 Å². The Labute approximate surface area is 633 Å². The number of unbranched alkanes of at least 4 members (excludes halogenated alkanes) is 31. The van der Waals surface area contributed by atoms with Crippen molar-refractivity contribution in [3.05, 3.63) is 0 Å². The zero-order chi connectivity index (χ0) is 76.4. The van der Waals surface area contributed by atoms with Crippen molar-refractivity contribution in [3.8, 4) is 0 Å². The number of carbonyl (C=O) groups is 3. The smallest absolute Gasteiger partial charge is 0.376 e. The van der Waals surface area contributed by atoms with Crippen molar-refractivity contribution in [1.29, 1.82) is 0 Å². The van der Waals surface area contributed by atoms with Crippen molar-refractivity contribution in [1.82, 2.24) is 44.8 Å². The fraction of sp³-hybridized carbons (Fsp3) is 0.959. The summed E-state index contributed by atoms with van der Waals surface area (Å²) in [4.78, 5) is 48.5. The molecule has 103 heavy (non-hydrogen) atoms. The van der Waals surface area contributed by atoms with Gasteiger partial charge in [0.25, 0.3) is 5.91 Å². The number of hydrogen-bond acceptors (Lipinski definition) is 19. The number of amides is 3. The average molecular weight is 1470 g/mol. The lowest BCUT2D eigenvalue weighted by Crippen LogP contribution is -2.47. The summed E-state index contributed by atoms with van der Waals surface area (Å²) in [6.45, 7) is 24.4. The van der Waals surface area contributed by atoms with Gasteiger partial charge in [0.2, 0.25) is 11.8 Å². The van der Waals surface area contributed by atoms with Gasteiger partial charge >= 0.3 is 42.3 Å². The Morgan fingerprint density at radius 3 is 0.932 bits per heavy atom. The summed E-state index contributed by atoms with van der Waals surface area (Å²) >= 11 is 0. The van der Waals surface area contributed by atoms with Gasteiger partial charge in [-0.3, -0.25) is 14.4 Å². The lowest BCUT2D eigenvalue weighted by molar-refractivity contribution is -0.141. The molecule has 0 aromatic carbocycles. The first-order chi connectivity index (χ1) is 48.9. The number of aliphatic hydroxyl groups is 4. The standard InChI is InChI=1S/C45H103B6N7O7.C29H58N2O6.H2O/c1-10-11-12-13-14-15-16-17-18-19-23-32-45(59)52-33-24-21-20-22-31-44(42-57(50(6)64)38-27-25-36-55(48(4)62)40-29-34-53(8)46(2)60)43-58(51(7)65)39-28-26-37-56(49(5)63)41-30-35-54(9)47(3)61;1-2-3-4-5-6-9-12-15-18-22-30-26(34)20-17-14-11-8-7-10-13-16-19-23-31-29(37)28(36)27(35)25(33)21-24-32;/h44,60-65H,10-43H2,1-9H3,(H,52,59);25,27-28,32-33,35-36H,2-24H2,1H3,(H,30,34)(H,31,37);1H2/t;25-,27+,28-;/m.1./s1.